The Labute approximate surface area is 121 Å². The fourth-order valence-corrected chi connectivity index (χ4v) is 1.85. The number of amides is 1. The second-order valence-corrected chi connectivity index (χ2v) is 4.88. The minimum Gasteiger partial charge on any atom is -0.481 e. The van der Waals surface area contributed by atoms with Gasteiger partial charge in [-0.3, -0.25) is 4.79 Å². The van der Waals surface area contributed by atoms with Crippen molar-refractivity contribution in [3.63, 3.8) is 0 Å². The number of aryl methyl sites for hydroxylation is 2. The topological polar surface area (TPSA) is 64.4 Å². The van der Waals surface area contributed by atoms with Crippen LogP contribution in [-0.2, 0) is 4.79 Å². The van der Waals surface area contributed by atoms with E-state index >= 15 is 0 Å². The van der Waals surface area contributed by atoms with Crippen molar-refractivity contribution in [3.8, 4) is 5.75 Å². The van der Waals surface area contributed by atoms with E-state index in [4.69, 9.17) is 16.3 Å². The van der Waals surface area contributed by atoms with Crippen LogP contribution in [-0.4, -0.2) is 17.2 Å². The van der Waals surface area contributed by atoms with E-state index in [1.807, 2.05) is 13.8 Å². The molecule has 0 unspecified atom stereocenters. The number of hydrogen-bond donors (Lipinski definition) is 1. The largest absolute Gasteiger partial charge is 0.481 e. The maximum absolute atomic E-state index is 11.9. The summed E-state index contributed by atoms with van der Waals surface area (Å²) in [5.41, 5.74) is 1.82. The van der Waals surface area contributed by atoms with Crippen molar-refractivity contribution in [1.82, 2.24) is 5.16 Å². The SMILES string of the molecule is Cc1cc(O[C@@H](C)C(=O)Nc2ccon2)cc(C)c1Cl. The summed E-state index contributed by atoms with van der Waals surface area (Å²) in [4.78, 5) is 11.9. The molecule has 1 N–H and O–H groups in total. The molecule has 2 rings (SSSR count). The number of ether oxygens (including phenoxy) is 1. The number of nitrogens with one attached hydrogen (secondary N) is 1. The number of rotatable bonds is 4. The molecule has 2 aromatic rings. The first-order chi connectivity index (χ1) is 9.47. The normalized spacial score (nSPS) is 12.0. The second kappa shape index (κ2) is 5.96. The molecule has 0 aliphatic heterocycles. The molecule has 1 heterocycles. The Morgan fingerprint density at radius 3 is 2.60 bits per heavy atom. The summed E-state index contributed by atoms with van der Waals surface area (Å²) in [7, 11) is 0. The molecule has 0 fully saturated rings. The van der Waals surface area contributed by atoms with Crippen LogP contribution in [0, 0.1) is 13.8 Å². The highest BCUT2D eigenvalue weighted by molar-refractivity contribution is 6.32. The van der Waals surface area contributed by atoms with E-state index in [1.165, 1.54) is 6.26 Å². The zero-order valence-corrected chi connectivity index (χ0v) is 12.2. The number of nitrogens with zero attached hydrogens (tertiary/aromatic N) is 1. The number of carbonyl (C=O) groups is 1. The van der Waals surface area contributed by atoms with Crippen molar-refractivity contribution < 1.29 is 14.1 Å². The molecule has 5 nitrogen and oxygen atoms in total. The van der Waals surface area contributed by atoms with Gasteiger partial charge in [0.05, 0.1) is 0 Å². The van der Waals surface area contributed by atoms with E-state index in [0.717, 1.165) is 11.1 Å². The summed E-state index contributed by atoms with van der Waals surface area (Å²) in [6.45, 7) is 5.44. The second-order valence-electron chi connectivity index (χ2n) is 4.51. The third-order valence-electron chi connectivity index (χ3n) is 2.78. The molecule has 1 atom stereocenters. The van der Waals surface area contributed by atoms with Crippen molar-refractivity contribution in [2.45, 2.75) is 26.9 Å². The Hall–Kier alpha value is -2.01. The Kier molecular flexibility index (Phi) is 4.29. The molecule has 20 heavy (non-hydrogen) atoms. The first-order valence-corrected chi connectivity index (χ1v) is 6.50. The van der Waals surface area contributed by atoms with E-state index in [-0.39, 0.29) is 5.91 Å². The summed E-state index contributed by atoms with van der Waals surface area (Å²) < 4.78 is 10.3. The Morgan fingerprint density at radius 1 is 1.40 bits per heavy atom. The van der Waals surface area contributed by atoms with E-state index < -0.39 is 6.10 Å². The van der Waals surface area contributed by atoms with Crippen LogP contribution in [0.1, 0.15) is 18.1 Å². The molecule has 0 spiro atoms. The zero-order chi connectivity index (χ0) is 14.7. The van der Waals surface area contributed by atoms with Gasteiger partial charge >= 0.3 is 0 Å². The molecular formula is C14H15ClN2O3. The van der Waals surface area contributed by atoms with Gasteiger partial charge in [-0.15, -0.1) is 0 Å². The summed E-state index contributed by atoms with van der Waals surface area (Å²) in [6, 6.07) is 5.16. The lowest BCUT2D eigenvalue weighted by molar-refractivity contribution is -0.122. The maximum atomic E-state index is 11.9. The van der Waals surface area contributed by atoms with Gasteiger partial charge in [0.15, 0.2) is 11.9 Å². The van der Waals surface area contributed by atoms with Crippen LogP contribution >= 0.6 is 11.6 Å². The van der Waals surface area contributed by atoms with Gasteiger partial charge in [-0.2, -0.15) is 0 Å². The Bertz CT molecular complexity index is 588. The highest BCUT2D eigenvalue weighted by Gasteiger charge is 2.16. The monoisotopic (exact) mass is 294 g/mol. The predicted octanol–water partition coefficient (Wildman–Crippen LogP) is 3.35. The number of aromatic nitrogens is 1. The number of benzene rings is 1. The van der Waals surface area contributed by atoms with Crippen LogP contribution in [0.15, 0.2) is 29.0 Å². The van der Waals surface area contributed by atoms with Gasteiger partial charge in [0.25, 0.3) is 5.91 Å². The number of carbonyl (C=O) groups excluding carboxylic acids is 1. The summed E-state index contributed by atoms with van der Waals surface area (Å²) in [5, 5.41) is 6.90. The van der Waals surface area contributed by atoms with Crippen LogP contribution in [0.2, 0.25) is 5.02 Å². The van der Waals surface area contributed by atoms with E-state index in [9.17, 15) is 4.79 Å². The highest BCUT2D eigenvalue weighted by atomic mass is 35.5. The highest BCUT2D eigenvalue weighted by Crippen LogP contribution is 2.26. The molecule has 1 amide bonds. The van der Waals surface area contributed by atoms with Crippen LogP contribution in [0.3, 0.4) is 0 Å². The quantitative estimate of drug-likeness (QED) is 0.939. The number of anilines is 1. The van der Waals surface area contributed by atoms with Crippen LogP contribution in [0.25, 0.3) is 0 Å². The van der Waals surface area contributed by atoms with Crippen molar-refractivity contribution in [2.24, 2.45) is 0 Å². The lowest BCUT2D eigenvalue weighted by Crippen LogP contribution is -2.30. The molecule has 0 aliphatic rings. The lowest BCUT2D eigenvalue weighted by Gasteiger charge is -2.15. The number of hydrogen-bond acceptors (Lipinski definition) is 4. The summed E-state index contributed by atoms with van der Waals surface area (Å²) >= 11 is 6.09. The van der Waals surface area contributed by atoms with E-state index in [0.29, 0.717) is 16.6 Å². The third kappa shape index (κ3) is 3.30. The molecule has 1 aromatic heterocycles. The van der Waals surface area contributed by atoms with Gasteiger partial charge in [0.2, 0.25) is 0 Å². The minimum atomic E-state index is -0.660. The van der Waals surface area contributed by atoms with Crippen molar-refractivity contribution in [1.29, 1.82) is 0 Å². The van der Waals surface area contributed by atoms with Crippen molar-refractivity contribution in [3.05, 3.63) is 40.6 Å². The van der Waals surface area contributed by atoms with Gasteiger partial charge < -0.3 is 14.6 Å². The first-order valence-electron chi connectivity index (χ1n) is 6.12. The first kappa shape index (κ1) is 14.4. The molecule has 6 heteroatoms. The van der Waals surface area contributed by atoms with Crippen molar-refractivity contribution >= 4 is 23.3 Å². The van der Waals surface area contributed by atoms with Crippen LogP contribution < -0.4 is 10.1 Å². The number of halogens is 1. The predicted molar refractivity (Wildman–Crippen MR) is 76.1 cm³/mol. The summed E-state index contributed by atoms with van der Waals surface area (Å²) in [6.07, 6.45) is 0.722. The average molecular weight is 295 g/mol. The van der Waals surface area contributed by atoms with Crippen molar-refractivity contribution in [2.75, 3.05) is 5.32 Å². The van der Waals surface area contributed by atoms with Gasteiger partial charge in [-0.1, -0.05) is 16.8 Å². The molecule has 106 valence electrons. The Balaban J connectivity index is 2.04. The fourth-order valence-electron chi connectivity index (χ4n) is 1.74. The van der Waals surface area contributed by atoms with Gasteiger partial charge in [-0.05, 0) is 44.0 Å². The van der Waals surface area contributed by atoms with Gasteiger partial charge in [0, 0.05) is 11.1 Å². The molecule has 0 saturated heterocycles. The fraction of sp³-hybridized carbons (Fsp3) is 0.286. The molecule has 1 aromatic carbocycles. The van der Waals surface area contributed by atoms with Crippen LogP contribution in [0.5, 0.6) is 5.75 Å². The molecular weight excluding hydrogens is 280 g/mol. The molecule has 0 aliphatic carbocycles. The standard InChI is InChI=1S/C14H15ClN2O3/c1-8-6-11(7-9(2)13(8)15)20-10(3)14(18)16-12-4-5-19-17-12/h4-7,10H,1-3H3,(H,16,17,18)/t10-/m0/s1. The Morgan fingerprint density at radius 2 is 2.05 bits per heavy atom. The third-order valence-corrected chi connectivity index (χ3v) is 3.38. The van der Waals surface area contributed by atoms with Crippen LogP contribution in [0.4, 0.5) is 5.82 Å². The maximum Gasteiger partial charge on any atom is 0.266 e. The lowest BCUT2D eigenvalue weighted by atomic mass is 10.1. The molecule has 0 saturated carbocycles. The van der Waals surface area contributed by atoms with Gasteiger partial charge in [-0.25, -0.2) is 0 Å². The average Bonchev–Trinajstić information content (AvgIpc) is 2.88. The summed E-state index contributed by atoms with van der Waals surface area (Å²) in [5.74, 6) is 0.658. The molecule has 0 bridgehead atoms. The zero-order valence-electron chi connectivity index (χ0n) is 11.4. The molecule has 0 radical (unpaired) electrons. The van der Waals surface area contributed by atoms with E-state index in [2.05, 4.69) is 15.0 Å². The minimum absolute atomic E-state index is 0.302. The smallest absolute Gasteiger partial charge is 0.266 e. The van der Waals surface area contributed by atoms with Gasteiger partial charge in [0.1, 0.15) is 12.0 Å². The van der Waals surface area contributed by atoms with E-state index in [1.54, 1.807) is 25.1 Å².